The van der Waals surface area contributed by atoms with Gasteiger partial charge in [0.25, 0.3) is 0 Å². The van der Waals surface area contributed by atoms with Crippen molar-refractivity contribution in [1.82, 2.24) is 0 Å². The van der Waals surface area contributed by atoms with E-state index < -0.39 is 29.7 Å². The molecule has 0 fully saturated rings. The van der Waals surface area contributed by atoms with E-state index in [0.717, 1.165) is 6.20 Å². The fourth-order valence-corrected chi connectivity index (χ4v) is 1.61. The molecule has 0 heterocycles. The predicted molar refractivity (Wildman–Crippen MR) is 79.8 cm³/mol. The second-order valence-electron chi connectivity index (χ2n) is 4.81. The largest absolute Gasteiger partial charge is 0.459 e. The van der Waals surface area contributed by atoms with Crippen molar-refractivity contribution in [3.05, 3.63) is 47.7 Å². The third kappa shape index (κ3) is 4.73. The SMILES string of the molecule is CC(C)OC(=O)/C(=C\N)C(=O)OC(C)C(=O)c1ccccc1. The van der Waals surface area contributed by atoms with Crippen LogP contribution < -0.4 is 5.73 Å². The van der Waals surface area contributed by atoms with E-state index in [0.29, 0.717) is 5.56 Å². The Hall–Kier alpha value is -2.63. The first-order valence-corrected chi connectivity index (χ1v) is 6.80. The van der Waals surface area contributed by atoms with Crippen molar-refractivity contribution in [2.75, 3.05) is 0 Å². The maximum Gasteiger partial charge on any atom is 0.347 e. The van der Waals surface area contributed by atoms with Gasteiger partial charge in [-0.3, -0.25) is 4.79 Å². The Kier molecular flexibility index (Phi) is 6.31. The molecule has 1 rings (SSSR count). The first kappa shape index (κ1) is 17.4. The Balaban J connectivity index is 2.74. The second kappa shape index (κ2) is 7.97. The Bertz CT molecular complexity index is 577. The Labute approximate surface area is 128 Å². The monoisotopic (exact) mass is 305 g/mol. The molecule has 0 aliphatic rings. The highest BCUT2D eigenvalue weighted by atomic mass is 16.6. The van der Waals surface area contributed by atoms with Crippen LogP contribution in [0.1, 0.15) is 31.1 Å². The average Bonchev–Trinajstić information content (AvgIpc) is 2.47. The average molecular weight is 305 g/mol. The second-order valence-corrected chi connectivity index (χ2v) is 4.81. The summed E-state index contributed by atoms with van der Waals surface area (Å²) < 4.78 is 9.86. The minimum Gasteiger partial charge on any atom is -0.459 e. The van der Waals surface area contributed by atoms with Crippen LogP contribution in [0.25, 0.3) is 0 Å². The molecule has 118 valence electrons. The van der Waals surface area contributed by atoms with Crippen LogP contribution >= 0.6 is 0 Å². The zero-order chi connectivity index (χ0) is 16.7. The predicted octanol–water partition coefficient (Wildman–Crippen LogP) is 1.60. The molecule has 6 heteroatoms. The van der Waals surface area contributed by atoms with Gasteiger partial charge in [0, 0.05) is 11.8 Å². The van der Waals surface area contributed by atoms with Gasteiger partial charge < -0.3 is 15.2 Å². The highest BCUT2D eigenvalue weighted by molar-refractivity contribution is 6.14. The smallest absolute Gasteiger partial charge is 0.347 e. The topological polar surface area (TPSA) is 95.7 Å². The zero-order valence-electron chi connectivity index (χ0n) is 12.7. The molecule has 0 radical (unpaired) electrons. The van der Waals surface area contributed by atoms with E-state index in [-0.39, 0.29) is 5.78 Å². The van der Waals surface area contributed by atoms with E-state index in [2.05, 4.69) is 0 Å². The molecule has 0 aliphatic carbocycles. The number of ketones is 1. The van der Waals surface area contributed by atoms with Crippen molar-refractivity contribution in [3.63, 3.8) is 0 Å². The van der Waals surface area contributed by atoms with Gasteiger partial charge in [-0.15, -0.1) is 0 Å². The van der Waals surface area contributed by atoms with Crippen molar-refractivity contribution in [3.8, 4) is 0 Å². The molecule has 1 unspecified atom stereocenters. The van der Waals surface area contributed by atoms with Crippen molar-refractivity contribution >= 4 is 17.7 Å². The van der Waals surface area contributed by atoms with E-state index in [1.807, 2.05) is 0 Å². The van der Waals surface area contributed by atoms with Crippen LogP contribution in [0.15, 0.2) is 42.1 Å². The number of ether oxygens (including phenoxy) is 2. The first-order valence-electron chi connectivity index (χ1n) is 6.80. The van der Waals surface area contributed by atoms with Crippen LogP contribution in [0.2, 0.25) is 0 Å². The maximum atomic E-state index is 12.1. The summed E-state index contributed by atoms with van der Waals surface area (Å²) in [5.74, 6) is -2.26. The summed E-state index contributed by atoms with van der Waals surface area (Å²) in [6, 6.07) is 8.39. The van der Waals surface area contributed by atoms with Crippen LogP contribution in [0.3, 0.4) is 0 Å². The molecule has 0 amide bonds. The normalized spacial score (nSPS) is 12.6. The van der Waals surface area contributed by atoms with Gasteiger partial charge in [0.05, 0.1) is 6.10 Å². The zero-order valence-corrected chi connectivity index (χ0v) is 12.7. The molecule has 2 N–H and O–H groups in total. The van der Waals surface area contributed by atoms with Gasteiger partial charge in [-0.1, -0.05) is 30.3 Å². The standard InChI is InChI=1S/C16H19NO5/c1-10(2)21-15(19)13(9-17)16(20)22-11(3)14(18)12-7-5-4-6-8-12/h4-11H,17H2,1-3H3/b13-9+. The Morgan fingerprint density at radius 1 is 1.00 bits per heavy atom. The van der Waals surface area contributed by atoms with Gasteiger partial charge in [-0.25, -0.2) is 9.59 Å². The lowest BCUT2D eigenvalue weighted by Crippen LogP contribution is -2.29. The highest BCUT2D eigenvalue weighted by Crippen LogP contribution is 2.10. The van der Waals surface area contributed by atoms with E-state index in [1.54, 1.807) is 44.2 Å². The molecule has 0 aromatic heterocycles. The van der Waals surface area contributed by atoms with E-state index in [9.17, 15) is 14.4 Å². The number of hydrogen-bond acceptors (Lipinski definition) is 6. The number of hydrogen-bond donors (Lipinski definition) is 1. The summed E-state index contributed by atoms with van der Waals surface area (Å²) in [6.07, 6.45) is -0.637. The molecule has 1 aromatic carbocycles. The molecule has 22 heavy (non-hydrogen) atoms. The van der Waals surface area contributed by atoms with Gasteiger partial charge in [-0.05, 0) is 20.8 Å². The molecule has 0 saturated carbocycles. The van der Waals surface area contributed by atoms with Crippen LogP contribution in [0.5, 0.6) is 0 Å². The molecular weight excluding hydrogens is 286 g/mol. The van der Waals surface area contributed by atoms with Crippen molar-refractivity contribution in [1.29, 1.82) is 0 Å². The molecule has 6 nitrogen and oxygen atoms in total. The summed E-state index contributed by atoms with van der Waals surface area (Å²) >= 11 is 0. The number of benzene rings is 1. The van der Waals surface area contributed by atoms with E-state index in [4.69, 9.17) is 15.2 Å². The summed E-state index contributed by atoms with van der Waals surface area (Å²) in [7, 11) is 0. The minimum atomic E-state index is -1.04. The molecule has 1 atom stereocenters. The fraction of sp³-hybridized carbons (Fsp3) is 0.312. The maximum absolute atomic E-state index is 12.1. The van der Waals surface area contributed by atoms with Crippen LogP contribution in [-0.2, 0) is 19.1 Å². The number of esters is 2. The van der Waals surface area contributed by atoms with Crippen molar-refractivity contribution in [2.45, 2.75) is 33.0 Å². The minimum absolute atomic E-state index is 0.373. The highest BCUT2D eigenvalue weighted by Gasteiger charge is 2.26. The molecular formula is C16H19NO5. The number of carbonyl (C=O) groups excluding carboxylic acids is 3. The lowest BCUT2D eigenvalue weighted by molar-refractivity contribution is -0.150. The van der Waals surface area contributed by atoms with E-state index in [1.165, 1.54) is 6.92 Å². The Morgan fingerprint density at radius 2 is 1.55 bits per heavy atom. The summed E-state index contributed by atoms with van der Waals surface area (Å²) in [5, 5.41) is 0. The lowest BCUT2D eigenvalue weighted by atomic mass is 10.1. The van der Waals surface area contributed by atoms with Gasteiger partial charge in [0.2, 0.25) is 5.78 Å². The number of Topliss-reactive ketones (excluding diaryl/α,β-unsaturated/α-hetero) is 1. The quantitative estimate of drug-likeness (QED) is 0.282. The van der Waals surface area contributed by atoms with Gasteiger partial charge >= 0.3 is 11.9 Å². The lowest BCUT2D eigenvalue weighted by Gasteiger charge is -2.14. The van der Waals surface area contributed by atoms with Crippen molar-refractivity contribution < 1.29 is 23.9 Å². The summed E-state index contributed by atoms with van der Waals surface area (Å²) in [5.41, 5.74) is 5.23. The number of rotatable bonds is 6. The molecule has 0 bridgehead atoms. The Morgan fingerprint density at radius 3 is 2.05 bits per heavy atom. The first-order chi connectivity index (χ1) is 10.4. The molecule has 0 saturated heterocycles. The third-order valence-corrected chi connectivity index (χ3v) is 2.66. The van der Waals surface area contributed by atoms with Gasteiger partial charge in [0.1, 0.15) is 0 Å². The molecule has 0 aliphatic heterocycles. The van der Waals surface area contributed by atoms with Gasteiger partial charge in [0.15, 0.2) is 11.7 Å². The van der Waals surface area contributed by atoms with E-state index >= 15 is 0 Å². The summed E-state index contributed by atoms with van der Waals surface area (Å²) in [6.45, 7) is 4.70. The van der Waals surface area contributed by atoms with Crippen molar-refractivity contribution in [2.24, 2.45) is 5.73 Å². The number of nitrogens with two attached hydrogens (primary N) is 1. The number of carbonyl (C=O) groups is 3. The summed E-state index contributed by atoms with van der Waals surface area (Å²) in [4.78, 5) is 35.7. The fourth-order valence-electron chi connectivity index (χ4n) is 1.61. The van der Waals surface area contributed by atoms with Crippen LogP contribution in [0, 0.1) is 0 Å². The van der Waals surface area contributed by atoms with Crippen LogP contribution in [-0.4, -0.2) is 29.9 Å². The van der Waals surface area contributed by atoms with Gasteiger partial charge in [-0.2, -0.15) is 0 Å². The molecule has 1 aromatic rings. The van der Waals surface area contributed by atoms with Crippen LogP contribution in [0.4, 0.5) is 0 Å². The molecule has 0 spiro atoms. The third-order valence-electron chi connectivity index (χ3n) is 2.66.